The van der Waals surface area contributed by atoms with Crippen molar-refractivity contribution in [2.24, 2.45) is 0 Å². The topological polar surface area (TPSA) is 30.0 Å². The highest BCUT2D eigenvalue weighted by molar-refractivity contribution is 7.21. The summed E-state index contributed by atoms with van der Waals surface area (Å²) in [5.41, 5.74) is 3.43. The lowest BCUT2D eigenvalue weighted by Gasteiger charge is -2.04. The molecule has 0 saturated heterocycles. The quantitative estimate of drug-likeness (QED) is 0.455. The number of halogens is 1. The van der Waals surface area contributed by atoms with Crippen LogP contribution in [0.15, 0.2) is 72.8 Å². The molecule has 0 spiro atoms. The second-order valence-electron chi connectivity index (χ2n) is 5.79. The Kier molecular flexibility index (Phi) is 4.12. The van der Waals surface area contributed by atoms with Gasteiger partial charge in [-0.15, -0.1) is 11.3 Å². The molecule has 0 amide bonds. The zero-order valence-electron chi connectivity index (χ0n) is 13.3. The second kappa shape index (κ2) is 6.57. The van der Waals surface area contributed by atoms with E-state index in [4.69, 9.17) is 0 Å². The number of hydrogen-bond donors (Lipinski definition) is 0. The summed E-state index contributed by atoms with van der Waals surface area (Å²) in [5.74, 6) is -0.365. The van der Waals surface area contributed by atoms with Gasteiger partial charge in [0.1, 0.15) is 10.8 Å². The van der Waals surface area contributed by atoms with Gasteiger partial charge in [-0.1, -0.05) is 30.3 Å². The standard InChI is InChI=1S/C21H14FNOS/c22-17-10-8-15(9-11-17)19(24)13-14-4-3-5-16(12-14)21-23-18-6-1-2-7-20(18)25-21/h1-12H,13H2. The van der Waals surface area contributed by atoms with Gasteiger partial charge in [0.2, 0.25) is 0 Å². The second-order valence-corrected chi connectivity index (χ2v) is 6.82. The number of nitrogens with zero attached hydrogens (tertiary/aromatic N) is 1. The van der Waals surface area contributed by atoms with Crippen LogP contribution in [0, 0.1) is 5.82 Å². The minimum absolute atomic E-state index is 0.0264. The number of para-hydroxylation sites is 1. The van der Waals surface area contributed by atoms with Crippen molar-refractivity contribution in [3.05, 3.63) is 89.7 Å². The fourth-order valence-corrected chi connectivity index (χ4v) is 3.70. The van der Waals surface area contributed by atoms with E-state index < -0.39 is 0 Å². The summed E-state index contributed by atoms with van der Waals surface area (Å²) in [6.45, 7) is 0. The molecule has 2 nitrogen and oxygen atoms in total. The maximum absolute atomic E-state index is 13.0. The van der Waals surface area contributed by atoms with E-state index in [9.17, 15) is 9.18 Å². The highest BCUT2D eigenvalue weighted by Crippen LogP contribution is 2.30. The van der Waals surface area contributed by atoms with Crippen molar-refractivity contribution in [1.82, 2.24) is 4.98 Å². The average molecular weight is 347 g/mol. The van der Waals surface area contributed by atoms with E-state index in [0.29, 0.717) is 5.56 Å². The van der Waals surface area contributed by atoms with E-state index >= 15 is 0 Å². The molecule has 0 bridgehead atoms. The van der Waals surface area contributed by atoms with E-state index in [1.165, 1.54) is 24.3 Å². The first-order chi connectivity index (χ1) is 12.2. The highest BCUT2D eigenvalue weighted by atomic mass is 32.1. The van der Waals surface area contributed by atoms with E-state index in [0.717, 1.165) is 26.4 Å². The minimum atomic E-state index is -0.339. The third kappa shape index (κ3) is 3.35. The van der Waals surface area contributed by atoms with Crippen molar-refractivity contribution in [2.45, 2.75) is 6.42 Å². The molecule has 0 aliphatic carbocycles. The summed E-state index contributed by atoms with van der Waals surface area (Å²) in [5, 5.41) is 0.942. The van der Waals surface area contributed by atoms with Crippen LogP contribution in [0.5, 0.6) is 0 Å². The van der Waals surface area contributed by atoms with Crippen molar-refractivity contribution in [2.75, 3.05) is 0 Å². The molecular formula is C21H14FNOS. The van der Waals surface area contributed by atoms with Crippen LogP contribution in [0.4, 0.5) is 4.39 Å². The third-order valence-corrected chi connectivity index (χ3v) is 5.08. The van der Waals surface area contributed by atoms with Gasteiger partial charge in [-0.05, 0) is 48.0 Å². The van der Waals surface area contributed by atoms with Gasteiger partial charge >= 0.3 is 0 Å². The summed E-state index contributed by atoms with van der Waals surface area (Å²) in [7, 11) is 0. The Balaban J connectivity index is 1.60. The Morgan fingerprint density at radius 2 is 1.76 bits per heavy atom. The van der Waals surface area contributed by atoms with Gasteiger partial charge in [0, 0.05) is 17.5 Å². The smallest absolute Gasteiger partial charge is 0.167 e. The van der Waals surface area contributed by atoms with Crippen molar-refractivity contribution in [3.8, 4) is 10.6 Å². The lowest BCUT2D eigenvalue weighted by atomic mass is 10.0. The lowest BCUT2D eigenvalue weighted by molar-refractivity contribution is 0.0993. The van der Waals surface area contributed by atoms with Crippen molar-refractivity contribution < 1.29 is 9.18 Å². The minimum Gasteiger partial charge on any atom is -0.294 e. The fourth-order valence-electron chi connectivity index (χ4n) is 2.73. The molecule has 0 radical (unpaired) electrons. The Labute approximate surface area is 148 Å². The first-order valence-electron chi connectivity index (χ1n) is 7.93. The van der Waals surface area contributed by atoms with Gasteiger partial charge < -0.3 is 0 Å². The number of fused-ring (bicyclic) bond motifs is 1. The zero-order valence-corrected chi connectivity index (χ0v) is 14.1. The van der Waals surface area contributed by atoms with Crippen LogP contribution < -0.4 is 0 Å². The Morgan fingerprint density at radius 3 is 2.56 bits per heavy atom. The van der Waals surface area contributed by atoms with Gasteiger partial charge in [0.05, 0.1) is 10.2 Å². The molecular weight excluding hydrogens is 333 g/mol. The van der Waals surface area contributed by atoms with E-state index in [2.05, 4.69) is 11.1 Å². The zero-order chi connectivity index (χ0) is 17.2. The highest BCUT2D eigenvalue weighted by Gasteiger charge is 2.10. The van der Waals surface area contributed by atoms with Crippen LogP contribution >= 0.6 is 11.3 Å². The normalized spacial score (nSPS) is 10.9. The number of rotatable bonds is 4. The molecule has 25 heavy (non-hydrogen) atoms. The third-order valence-electron chi connectivity index (χ3n) is 4.00. The molecule has 4 heteroatoms. The number of aromatic nitrogens is 1. The summed E-state index contributed by atoms with van der Waals surface area (Å²) in [4.78, 5) is 17.0. The fraction of sp³-hybridized carbons (Fsp3) is 0.0476. The first kappa shape index (κ1) is 15.7. The summed E-state index contributed by atoms with van der Waals surface area (Å²) >= 11 is 1.64. The molecule has 0 fully saturated rings. The van der Waals surface area contributed by atoms with Gasteiger partial charge in [-0.2, -0.15) is 0 Å². The molecule has 0 atom stereocenters. The molecule has 0 N–H and O–H groups in total. The predicted molar refractivity (Wildman–Crippen MR) is 99.5 cm³/mol. The number of carbonyl (C=O) groups is 1. The summed E-state index contributed by atoms with van der Waals surface area (Å²) < 4.78 is 14.1. The molecule has 122 valence electrons. The van der Waals surface area contributed by atoms with Crippen LogP contribution in [0.25, 0.3) is 20.8 Å². The molecule has 0 aliphatic rings. The molecule has 0 saturated carbocycles. The molecule has 0 aliphatic heterocycles. The van der Waals surface area contributed by atoms with Gasteiger partial charge in [-0.3, -0.25) is 4.79 Å². The number of thiazole rings is 1. The van der Waals surface area contributed by atoms with Crippen LogP contribution in [-0.4, -0.2) is 10.8 Å². The SMILES string of the molecule is O=C(Cc1cccc(-c2nc3ccccc3s2)c1)c1ccc(F)cc1. The monoisotopic (exact) mass is 347 g/mol. The van der Waals surface area contributed by atoms with Crippen molar-refractivity contribution >= 4 is 27.3 Å². The molecule has 1 aromatic heterocycles. The first-order valence-corrected chi connectivity index (χ1v) is 8.74. The van der Waals surface area contributed by atoms with Gasteiger partial charge in [-0.25, -0.2) is 9.37 Å². The number of hydrogen-bond acceptors (Lipinski definition) is 3. The summed E-state index contributed by atoms with van der Waals surface area (Å²) in [6.07, 6.45) is 0.282. The van der Waals surface area contributed by atoms with Crippen molar-refractivity contribution in [1.29, 1.82) is 0 Å². The molecule has 0 unspecified atom stereocenters. The maximum Gasteiger partial charge on any atom is 0.167 e. The molecule has 4 aromatic rings. The number of Topliss-reactive ketones (excluding diaryl/α,β-unsaturated/α-hetero) is 1. The Morgan fingerprint density at radius 1 is 0.960 bits per heavy atom. The van der Waals surface area contributed by atoms with Crippen LogP contribution in [-0.2, 0) is 6.42 Å². The largest absolute Gasteiger partial charge is 0.294 e. The number of ketones is 1. The van der Waals surface area contributed by atoms with Crippen LogP contribution in [0.3, 0.4) is 0 Å². The number of benzene rings is 3. The van der Waals surface area contributed by atoms with E-state index in [-0.39, 0.29) is 18.0 Å². The van der Waals surface area contributed by atoms with Gasteiger partial charge in [0.15, 0.2) is 5.78 Å². The predicted octanol–water partition coefficient (Wildman–Crippen LogP) is 5.53. The van der Waals surface area contributed by atoms with E-state index in [1.807, 2.05) is 42.5 Å². The van der Waals surface area contributed by atoms with Crippen LogP contribution in [0.2, 0.25) is 0 Å². The Bertz CT molecular complexity index is 1020. The summed E-state index contributed by atoms with van der Waals surface area (Å²) in [6, 6.07) is 21.6. The molecule has 1 heterocycles. The Hall–Kier alpha value is -2.85. The number of carbonyl (C=O) groups excluding carboxylic acids is 1. The average Bonchev–Trinajstić information content (AvgIpc) is 3.07. The molecule has 3 aromatic carbocycles. The maximum atomic E-state index is 13.0. The van der Waals surface area contributed by atoms with Crippen LogP contribution in [0.1, 0.15) is 15.9 Å². The van der Waals surface area contributed by atoms with E-state index in [1.54, 1.807) is 11.3 Å². The van der Waals surface area contributed by atoms with Crippen molar-refractivity contribution in [3.63, 3.8) is 0 Å². The van der Waals surface area contributed by atoms with Gasteiger partial charge in [0.25, 0.3) is 0 Å². The molecule has 4 rings (SSSR count). The lowest BCUT2D eigenvalue weighted by Crippen LogP contribution is -2.03.